The van der Waals surface area contributed by atoms with Gasteiger partial charge in [0.05, 0.1) is 11.7 Å². The Hall–Kier alpha value is -1.06. The Morgan fingerprint density at radius 1 is 1.33 bits per heavy atom. The van der Waals surface area contributed by atoms with E-state index in [0.717, 1.165) is 37.9 Å². The number of aliphatic hydroxyl groups excluding tert-OH is 1. The van der Waals surface area contributed by atoms with Gasteiger partial charge in [-0.25, -0.2) is 0 Å². The molecule has 2 aliphatic rings. The first-order chi connectivity index (χ1) is 8.70. The van der Waals surface area contributed by atoms with Crippen molar-refractivity contribution in [1.29, 1.82) is 0 Å². The van der Waals surface area contributed by atoms with E-state index in [1.54, 1.807) is 0 Å². The minimum atomic E-state index is -0.451. The summed E-state index contributed by atoms with van der Waals surface area (Å²) < 4.78 is 5.91. The average molecular weight is 247 g/mol. The summed E-state index contributed by atoms with van der Waals surface area (Å²) in [5.74, 6) is 0.281. The summed E-state index contributed by atoms with van der Waals surface area (Å²) in [6.45, 7) is 0.772. The molecule has 1 saturated carbocycles. The summed E-state index contributed by atoms with van der Waals surface area (Å²) in [7, 11) is 0. The molecule has 0 aromatic heterocycles. The topological polar surface area (TPSA) is 55.5 Å². The molecule has 3 heteroatoms. The number of hydrogen-bond acceptors (Lipinski definition) is 3. The average Bonchev–Trinajstić information content (AvgIpc) is 2.37. The van der Waals surface area contributed by atoms with Crippen LogP contribution in [0.3, 0.4) is 0 Å². The maximum absolute atomic E-state index is 10.5. The van der Waals surface area contributed by atoms with Gasteiger partial charge in [0.15, 0.2) is 0 Å². The predicted molar refractivity (Wildman–Crippen MR) is 71.1 cm³/mol. The van der Waals surface area contributed by atoms with Gasteiger partial charge in [-0.3, -0.25) is 0 Å². The second kappa shape index (κ2) is 4.56. The summed E-state index contributed by atoms with van der Waals surface area (Å²) in [6.07, 6.45) is 5.02. The fraction of sp³-hybridized carbons (Fsp3) is 0.600. The maximum atomic E-state index is 10.5. The van der Waals surface area contributed by atoms with Crippen LogP contribution < -0.4 is 5.73 Å². The maximum Gasteiger partial charge on any atom is 0.0839 e. The van der Waals surface area contributed by atoms with E-state index < -0.39 is 6.10 Å². The van der Waals surface area contributed by atoms with Gasteiger partial charge in [0.2, 0.25) is 0 Å². The van der Waals surface area contributed by atoms with E-state index in [4.69, 9.17) is 10.5 Å². The van der Waals surface area contributed by atoms with E-state index in [-0.39, 0.29) is 11.5 Å². The molecular weight excluding hydrogens is 226 g/mol. The lowest BCUT2D eigenvalue weighted by Crippen LogP contribution is -2.46. The monoisotopic (exact) mass is 247 g/mol. The molecule has 3 nitrogen and oxygen atoms in total. The molecule has 2 fully saturated rings. The van der Waals surface area contributed by atoms with Crippen molar-refractivity contribution in [2.24, 2.45) is 5.92 Å². The van der Waals surface area contributed by atoms with Crippen LogP contribution in [0.15, 0.2) is 24.3 Å². The molecule has 2 atom stereocenters. The molecule has 1 aromatic carbocycles. The van der Waals surface area contributed by atoms with Crippen LogP contribution in [0.25, 0.3) is 0 Å². The molecule has 0 bridgehead atoms. The largest absolute Gasteiger partial charge is 0.398 e. The van der Waals surface area contributed by atoms with Crippen molar-refractivity contribution in [2.45, 2.75) is 43.8 Å². The number of rotatable bonds is 2. The van der Waals surface area contributed by atoms with Crippen molar-refractivity contribution in [3.8, 4) is 0 Å². The van der Waals surface area contributed by atoms with E-state index in [1.807, 2.05) is 24.3 Å². The third-order valence-electron chi connectivity index (χ3n) is 4.56. The second-order valence-corrected chi connectivity index (χ2v) is 5.71. The highest BCUT2D eigenvalue weighted by Gasteiger charge is 2.44. The molecule has 0 radical (unpaired) electrons. The molecule has 1 aliphatic heterocycles. The Morgan fingerprint density at radius 2 is 2.11 bits per heavy atom. The Kier molecular flexibility index (Phi) is 3.04. The number of hydrogen-bond donors (Lipinski definition) is 2. The van der Waals surface area contributed by atoms with Gasteiger partial charge in [0, 0.05) is 17.9 Å². The number of ether oxygens (including phenoxy) is 1. The number of para-hydroxylation sites is 1. The van der Waals surface area contributed by atoms with E-state index in [0.29, 0.717) is 5.69 Å². The third kappa shape index (κ3) is 2.02. The van der Waals surface area contributed by atoms with Crippen molar-refractivity contribution in [3.05, 3.63) is 29.8 Å². The Balaban J connectivity index is 1.76. The van der Waals surface area contributed by atoms with E-state index in [9.17, 15) is 5.11 Å². The molecule has 1 saturated heterocycles. The van der Waals surface area contributed by atoms with Gasteiger partial charge in [-0.15, -0.1) is 0 Å². The Labute approximate surface area is 108 Å². The summed E-state index contributed by atoms with van der Waals surface area (Å²) in [5, 5.41) is 10.5. The molecule has 1 heterocycles. The van der Waals surface area contributed by atoms with Gasteiger partial charge in [-0.1, -0.05) is 18.2 Å². The number of aliphatic hydroxyl groups is 1. The van der Waals surface area contributed by atoms with Crippen LogP contribution in [-0.2, 0) is 4.74 Å². The molecule has 18 heavy (non-hydrogen) atoms. The van der Waals surface area contributed by atoms with Crippen LogP contribution in [0.5, 0.6) is 0 Å². The Bertz CT molecular complexity index is 428. The van der Waals surface area contributed by atoms with Crippen molar-refractivity contribution < 1.29 is 9.84 Å². The van der Waals surface area contributed by atoms with E-state index >= 15 is 0 Å². The lowest BCUT2D eigenvalue weighted by atomic mass is 9.70. The summed E-state index contributed by atoms with van der Waals surface area (Å²) in [5.41, 5.74) is 7.60. The van der Waals surface area contributed by atoms with Gasteiger partial charge in [0.1, 0.15) is 0 Å². The van der Waals surface area contributed by atoms with Crippen LogP contribution >= 0.6 is 0 Å². The number of benzene rings is 1. The van der Waals surface area contributed by atoms with Gasteiger partial charge >= 0.3 is 0 Å². The van der Waals surface area contributed by atoms with Gasteiger partial charge in [-0.2, -0.15) is 0 Å². The van der Waals surface area contributed by atoms with Crippen molar-refractivity contribution in [1.82, 2.24) is 0 Å². The van der Waals surface area contributed by atoms with Gasteiger partial charge in [0.25, 0.3) is 0 Å². The van der Waals surface area contributed by atoms with Crippen LogP contribution in [0.2, 0.25) is 0 Å². The molecule has 3 N–H and O–H groups in total. The smallest absolute Gasteiger partial charge is 0.0839 e. The molecule has 1 aliphatic carbocycles. The van der Waals surface area contributed by atoms with Gasteiger partial charge < -0.3 is 15.6 Å². The zero-order chi connectivity index (χ0) is 12.6. The van der Waals surface area contributed by atoms with Crippen LogP contribution in [0.1, 0.15) is 43.8 Å². The van der Waals surface area contributed by atoms with Crippen molar-refractivity contribution >= 4 is 5.69 Å². The first-order valence-electron chi connectivity index (χ1n) is 6.87. The number of anilines is 1. The standard InChI is InChI=1S/C15H21NO2/c16-13-5-2-1-4-12(13)14(17)11-6-9-18-15(10-11)7-3-8-15/h1-2,4-5,11,14,17H,3,6-10,16H2. The molecule has 3 rings (SSSR count). The lowest BCUT2D eigenvalue weighted by molar-refractivity contribution is -0.157. The highest BCUT2D eigenvalue weighted by Crippen LogP contribution is 2.47. The molecular formula is C15H21NO2. The molecule has 2 unspecified atom stereocenters. The number of nitrogens with two attached hydrogens (primary N) is 1. The lowest BCUT2D eigenvalue weighted by Gasteiger charge is -2.48. The molecule has 1 aromatic rings. The quantitative estimate of drug-likeness (QED) is 0.790. The first kappa shape index (κ1) is 12.0. The third-order valence-corrected chi connectivity index (χ3v) is 4.56. The normalized spacial score (nSPS) is 27.7. The second-order valence-electron chi connectivity index (χ2n) is 5.71. The minimum Gasteiger partial charge on any atom is -0.398 e. The van der Waals surface area contributed by atoms with Crippen LogP contribution in [-0.4, -0.2) is 17.3 Å². The molecule has 0 amide bonds. The van der Waals surface area contributed by atoms with Crippen LogP contribution in [0, 0.1) is 5.92 Å². The molecule has 98 valence electrons. The summed E-state index contributed by atoms with van der Waals surface area (Å²) in [6, 6.07) is 7.64. The fourth-order valence-electron chi connectivity index (χ4n) is 3.29. The highest BCUT2D eigenvalue weighted by atomic mass is 16.5. The minimum absolute atomic E-state index is 0.0768. The zero-order valence-electron chi connectivity index (χ0n) is 10.6. The fourth-order valence-corrected chi connectivity index (χ4v) is 3.29. The predicted octanol–water partition coefficient (Wildman–Crippen LogP) is 2.65. The van der Waals surface area contributed by atoms with Crippen LogP contribution in [0.4, 0.5) is 5.69 Å². The Morgan fingerprint density at radius 3 is 2.78 bits per heavy atom. The SMILES string of the molecule is Nc1ccccc1C(O)C1CCOC2(CCC2)C1. The first-order valence-corrected chi connectivity index (χ1v) is 6.87. The highest BCUT2D eigenvalue weighted by molar-refractivity contribution is 5.47. The van der Waals surface area contributed by atoms with Crippen molar-refractivity contribution in [3.63, 3.8) is 0 Å². The zero-order valence-corrected chi connectivity index (χ0v) is 10.6. The van der Waals surface area contributed by atoms with Gasteiger partial charge in [-0.05, 0) is 44.1 Å². The van der Waals surface area contributed by atoms with Crippen molar-refractivity contribution in [2.75, 3.05) is 12.3 Å². The number of nitrogen functional groups attached to an aromatic ring is 1. The van der Waals surface area contributed by atoms with E-state index in [2.05, 4.69) is 0 Å². The van der Waals surface area contributed by atoms with E-state index in [1.165, 1.54) is 6.42 Å². The molecule has 1 spiro atoms. The summed E-state index contributed by atoms with van der Waals surface area (Å²) >= 11 is 0. The summed E-state index contributed by atoms with van der Waals surface area (Å²) in [4.78, 5) is 0.